The molecular weight excluding hydrogens is 196 g/mol. The summed E-state index contributed by atoms with van der Waals surface area (Å²) in [7, 11) is 0. The highest BCUT2D eigenvalue weighted by Gasteiger charge is 2.04. The minimum Gasteiger partial charge on any atom is -0.311 e. The molecule has 0 aliphatic rings. The van der Waals surface area contributed by atoms with Gasteiger partial charge >= 0.3 is 0 Å². The summed E-state index contributed by atoms with van der Waals surface area (Å²) >= 11 is 0. The zero-order valence-electron chi connectivity index (χ0n) is 10.6. The molecule has 0 fully saturated rings. The molecule has 0 saturated heterocycles. The maximum absolute atomic E-state index is 8.69. The number of rotatable bonds is 4. The summed E-state index contributed by atoms with van der Waals surface area (Å²) in [4.78, 5) is 0. The van der Waals surface area contributed by atoms with E-state index in [1.807, 2.05) is 6.92 Å². The summed E-state index contributed by atoms with van der Waals surface area (Å²) in [6.07, 6.45) is 0. The SMILES string of the molecule is Cc1cc(C)c(CNCC(C)C#N)c(C)c1. The summed E-state index contributed by atoms with van der Waals surface area (Å²) in [5.41, 5.74) is 5.32. The van der Waals surface area contributed by atoms with Crippen LogP contribution in [0.3, 0.4) is 0 Å². The highest BCUT2D eigenvalue weighted by atomic mass is 14.9. The molecule has 1 N–H and O–H groups in total. The molecule has 0 aromatic heterocycles. The molecule has 0 amide bonds. The Kier molecular flexibility index (Phi) is 4.52. The van der Waals surface area contributed by atoms with E-state index in [2.05, 4.69) is 44.3 Å². The molecule has 0 aliphatic carbocycles. The van der Waals surface area contributed by atoms with Gasteiger partial charge < -0.3 is 5.32 Å². The first-order valence-electron chi connectivity index (χ1n) is 5.71. The summed E-state index contributed by atoms with van der Waals surface area (Å²) < 4.78 is 0. The van der Waals surface area contributed by atoms with Gasteiger partial charge in [-0.3, -0.25) is 0 Å². The largest absolute Gasteiger partial charge is 0.311 e. The Morgan fingerprint density at radius 3 is 2.31 bits per heavy atom. The topological polar surface area (TPSA) is 35.8 Å². The summed E-state index contributed by atoms with van der Waals surface area (Å²) in [6.45, 7) is 9.94. The molecule has 0 saturated carbocycles. The fourth-order valence-corrected chi connectivity index (χ4v) is 1.95. The molecule has 2 nitrogen and oxygen atoms in total. The molecule has 16 heavy (non-hydrogen) atoms. The molecule has 1 aromatic rings. The summed E-state index contributed by atoms with van der Waals surface area (Å²) in [5.74, 6) is 0.0751. The number of nitrogens with one attached hydrogen (secondary N) is 1. The maximum Gasteiger partial charge on any atom is 0.0666 e. The van der Waals surface area contributed by atoms with Crippen LogP contribution >= 0.6 is 0 Å². The summed E-state index contributed by atoms with van der Waals surface area (Å²) in [6, 6.07) is 6.64. The molecule has 0 aliphatic heterocycles. The first kappa shape index (κ1) is 12.7. The van der Waals surface area contributed by atoms with Crippen LogP contribution in [0.5, 0.6) is 0 Å². The third-order valence-electron chi connectivity index (χ3n) is 2.81. The molecule has 1 rings (SSSR count). The van der Waals surface area contributed by atoms with Gasteiger partial charge in [-0.15, -0.1) is 0 Å². The van der Waals surface area contributed by atoms with E-state index < -0.39 is 0 Å². The number of nitrogens with zero attached hydrogens (tertiary/aromatic N) is 1. The van der Waals surface area contributed by atoms with E-state index in [1.54, 1.807) is 0 Å². The summed E-state index contributed by atoms with van der Waals surface area (Å²) in [5, 5.41) is 12.0. The van der Waals surface area contributed by atoms with E-state index in [1.165, 1.54) is 22.3 Å². The Morgan fingerprint density at radius 1 is 1.25 bits per heavy atom. The third kappa shape index (κ3) is 3.36. The van der Waals surface area contributed by atoms with Gasteiger partial charge in [0.25, 0.3) is 0 Å². The van der Waals surface area contributed by atoms with Crippen LogP contribution in [0.15, 0.2) is 12.1 Å². The Labute approximate surface area is 98.3 Å². The Bertz CT molecular complexity index is 379. The highest BCUT2D eigenvalue weighted by molar-refractivity contribution is 5.37. The van der Waals surface area contributed by atoms with Crippen molar-refractivity contribution in [3.8, 4) is 6.07 Å². The van der Waals surface area contributed by atoms with Crippen LogP contribution in [-0.2, 0) is 6.54 Å². The van der Waals surface area contributed by atoms with Crippen molar-refractivity contribution in [3.05, 3.63) is 34.4 Å². The molecule has 0 radical (unpaired) electrons. The van der Waals surface area contributed by atoms with Crippen LogP contribution in [0.2, 0.25) is 0 Å². The first-order valence-corrected chi connectivity index (χ1v) is 5.71. The number of hydrogen-bond acceptors (Lipinski definition) is 2. The highest BCUT2D eigenvalue weighted by Crippen LogP contribution is 2.15. The van der Waals surface area contributed by atoms with E-state index >= 15 is 0 Å². The van der Waals surface area contributed by atoms with Crippen LogP contribution in [0.1, 0.15) is 29.2 Å². The maximum atomic E-state index is 8.69. The molecule has 2 heteroatoms. The van der Waals surface area contributed by atoms with Gasteiger partial charge in [-0.2, -0.15) is 5.26 Å². The van der Waals surface area contributed by atoms with Crippen molar-refractivity contribution in [2.75, 3.05) is 6.54 Å². The average Bonchev–Trinajstić information content (AvgIpc) is 2.21. The monoisotopic (exact) mass is 216 g/mol. The van der Waals surface area contributed by atoms with Crippen molar-refractivity contribution in [2.24, 2.45) is 5.92 Å². The number of benzene rings is 1. The van der Waals surface area contributed by atoms with Crippen molar-refractivity contribution in [1.82, 2.24) is 5.32 Å². The van der Waals surface area contributed by atoms with Gasteiger partial charge in [0.15, 0.2) is 0 Å². The Morgan fingerprint density at radius 2 is 1.81 bits per heavy atom. The smallest absolute Gasteiger partial charge is 0.0666 e. The zero-order chi connectivity index (χ0) is 12.1. The van der Waals surface area contributed by atoms with Gasteiger partial charge in [-0.1, -0.05) is 17.7 Å². The van der Waals surface area contributed by atoms with E-state index in [0.717, 1.165) is 13.1 Å². The van der Waals surface area contributed by atoms with Crippen LogP contribution in [0.4, 0.5) is 0 Å². The van der Waals surface area contributed by atoms with E-state index in [4.69, 9.17) is 5.26 Å². The minimum atomic E-state index is 0.0751. The van der Waals surface area contributed by atoms with Crippen molar-refractivity contribution in [2.45, 2.75) is 34.2 Å². The van der Waals surface area contributed by atoms with Crippen molar-refractivity contribution in [1.29, 1.82) is 5.26 Å². The van der Waals surface area contributed by atoms with Crippen LogP contribution in [-0.4, -0.2) is 6.54 Å². The molecule has 1 unspecified atom stereocenters. The second-order valence-corrected chi connectivity index (χ2v) is 4.54. The predicted octanol–water partition coefficient (Wildman–Crippen LogP) is 2.86. The molecule has 0 heterocycles. The third-order valence-corrected chi connectivity index (χ3v) is 2.81. The van der Waals surface area contributed by atoms with Gasteiger partial charge in [0.05, 0.1) is 12.0 Å². The fraction of sp³-hybridized carbons (Fsp3) is 0.500. The van der Waals surface area contributed by atoms with Gasteiger partial charge in [0, 0.05) is 13.1 Å². The first-order chi connectivity index (χ1) is 7.54. The number of aryl methyl sites for hydroxylation is 3. The molecule has 0 bridgehead atoms. The average molecular weight is 216 g/mol. The molecule has 0 spiro atoms. The molecule has 86 valence electrons. The number of hydrogen-bond donors (Lipinski definition) is 1. The van der Waals surface area contributed by atoms with E-state index in [0.29, 0.717) is 0 Å². The minimum absolute atomic E-state index is 0.0751. The van der Waals surface area contributed by atoms with E-state index in [9.17, 15) is 0 Å². The standard InChI is InChI=1S/C14H20N2/c1-10-5-12(3)14(13(4)6-10)9-16-8-11(2)7-15/h5-6,11,16H,8-9H2,1-4H3. The van der Waals surface area contributed by atoms with Gasteiger partial charge in [-0.25, -0.2) is 0 Å². The second-order valence-electron chi connectivity index (χ2n) is 4.54. The molecule has 1 atom stereocenters. The van der Waals surface area contributed by atoms with Crippen molar-refractivity contribution >= 4 is 0 Å². The number of nitriles is 1. The molecular formula is C14H20N2. The Balaban J connectivity index is 2.65. The lowest BCUT2D eigenvalue weighted by molar-refractivity contribution is 0.599. The van der Waals surface area contributed by atoms with E-state index in [-0.39, 0.29) is 5.92 Å². The normalized spacial score (nSPS) is 12.2. The molecule has 1 aromatic carbocycles. The van der Waals surface area contributed by atoms with Crippen LogP contribution in [0.25, 0.3) is 0 Å². The van der Waals surface area contributed by atoms with Crippen molar-refractivity contribution in [3.63, 3.8) is 0 Å². The van der Waals surface area contributed by atoms with Crippen molar-refractivity contribution < 1.29 is 0 Å². The van der Waals surface area contributed by atoms with Gasteiger partial charge in [-0.05, 0) is 44.4 Å². The zero-order valence-corrected chi connectivity index (χ0v) is 10.6. The van der Waals surface area contributed by atoms with Gasteiger partial charge in [0.2, 0.25) is 0 Å². The fourth-order valence-electron chi connectivity index (χ4n) is 1.95. The second kappa shape index (κ2) is 5.67. The van der Waals surface area contributed by atoms with Crippen LogP contribution < -0.4 is 5.32 Å². The quantitative estimate of drug-likeness (QED) is 0.840. The lowest BCUT2D eigenvalue weighted by atomic mass is 10.00. The van der Waals surface area contributed by atoms with Gasteiger partial charge in [0.1, 0.15) is 0 Å². The lowest BCUT2D eigenvalue weighted by Gasteiger charge is -2.12. The van der Waals surface area contributed by atoms with Crippen LogP contribution in [0, 0.1) is 38.0 Å². The predicted molar refractivity (Wildman–Crippen MR) is 67.1 cm³/mol. The Hall–Kier alpha value is -1.33. The lowest BCUT2D eigenvalue weighted by Crippen LogP contribution is -2.20.